The standard InChI is InChI=1S/C24H32S5/c1-5-9-19-20(10-6-2)27-23(26-19)15-17-13-14-18(25-17)16-24-28-21(11-7-3)22(29-24)12-8-4/h13-16H,5-12H2,1-4H3. The zero-order chi connectivity index (χ0) is 20.6. The minimum atomic E-state index is 1.23. The van der Waals surface area contributed by atoms with Crippen LogP contribution in [0.1, 0.15) is 88.8 Å². The molecule has 0 saturated carbocycles. The van der Waals surface area contributed by atoms with Crippen molar-refractivity contribution in [2.45, 2.75) is 79.1 Å². The molecule has 3 heterocycles. The van der Waals surface area contributed by atoms with Gasteiger partial charge in [0.15, 0.2) is 0 Å². The van der Waals surface area contributed by atoms with Crippen LogP contribution in [0.25, 0.3) is 12.2 Å². The van der Waals surface area contributed by atoms with Crippen LogP contribution < -0.4 is 0 Å². The Morgan fingerprint density at radius 1 is 0.552 bits per heavy atom. The fourth-order valence-electron chi connectivity index (χ4n) is 3.30. The monoisotopic (exact) mass is 480 g/mol. The van der Waals surface area contributed by atoms with E-state index in [4.69, 9.17) is 0 Å². The molecule has 0 aromatic carbocycles. The Labute approximate surface area is 198 Å². The molecule has 0 spiro atoms. The van der Waals surface area contributed by atoms with Gasteiger partial charge in [-0.2, -0.15) is 0 Å². The molecule has 5 heteroatoms. The minimum Gasteiger partial charge on any atom is -0.136 e. The maximum atomic E-state index is 2.40. The molecule has 0 nitrogen and oxygen atoms in total. The van der Waals surface area contributed by atoms with Crippen molar-refractivity contribution >= 4 is 70.5 Å². The second-order valence-corrected chi connectivity index (χ2v) is 13.5. The summed E-state index contributed by atoms with van der Waals surface area (Å²) in [6.07, 6.45) is 14.7. The van der Waals surface area contributed by atoms with Crippen molar-refractivity contribution in [3.63, 3.8) is 0 Å². The summed E-state index contributed by atoms with van der Waals surface area (Å²) in [6.45, 7) is 9.14. The molecule has 29 heavy (non-hydrogen) atoms. The molecular weight excluding hydrogens is 449 g/mol. The summed E-state index contributed by atoms with van der Waals surface area (Å²) in [4.78, 5) is 9.21. The molecule has 0 bridgehead atoms. The average molecular weight is 481 g/mol. The Hall–Kier alpha value is 0.0600. The Morgan fingerprint density at radius 2 is 0.862 bits per heavy atom. The van der Waals surface area contributed by atoms with Crippen LogP contribution >= 0.6 is 58.4 Å². The lowest BCUT2D eigenvalue weighted by molar-refractivity contribution is 0.905. The van der Waals surface area contributed by atoms with Crippen molar-refractivity contribution < 1.29 is 0 Å². The molecule has 3 rings (SSSR count). The van der Waals surface area contributed by atoms with Crippen molar-refractivity contribution in [3.8, 4) is 0 Å². The first-order valence-electron chi connectivity index (χ1n) is 10.8. The van der Waals surface area contributed by atoms with Crippen LogP contribution in [-0.4, -0.2) is 0 Å². The highest BCUT2D eigenvalue weighted by molar-refractivity contribution is 8.29. The molecule has 0 radical (unpaired) electrons. The van der Waals surface area contributed by atoms with Gasteiger partial charge in [-0.05, 0) is 50.0 Å². The average Bonchev–Trinajstić information content (AvgIpc) is 3.38. The van der Waals surface area contributed by atoms with Gasteiger partial charge in [0, 0.05) is 29.4 Å². The normalized spacial score (nSPS) is 17.1. The zero-order valence-electron chi connectivity index (χ0n) is 18.0. The van der Waals surface area contributed by atoms with Gasteiger partial charge in [-0.3, -0.25) is 0 Å². The Bertz CT molecular complexity index is 716. The van der Waals surface area contributed by atoms with Crippen molar-refractivity contribution in [3.05, 3.63) is 50.0 Å². The van der Waals surface area contributed by atoms with Crippen LogP contribution in [0.3, 0.4) is 0 Å². The van der Waals surface area contributed by atoms with Gasteiger partial charge in [-0.15, -0.1) is 11.3 Å². The molecule has 2 aliphatic heterocycles. The number of hydrogen-bond donors (Lipinski definition) is 0. The number of allylic oxidation sites excluding steroid dienone is 4. The second kappa shape index (κ2) is 12.2. The van der Waals surface area contributed by atoms with Gasteiger partial charge in [-0.1, -0.05) is 100 Å². The molecular formula is C24H32S5. The fraction of sp³-hybridized carbons (Fsp3) is 0.500. The maximum Gasteiger partial charge on any atom is 0.0506 e. The highest BCUT2D eigenvalue weighted by atomic mass is 32.2. The number of hydrogen-bond acceptors (Lipinski definition) is 5. The summed E-state index contributed by atoms with van der Waals surface area (Å²) in [5.74, 6) is 0. The number of rotatable bonds is 10. The fourth-order valence-corrected chi connectivity index (χ4v) is 10.3. The Kier molecular flexibility index (Phi) is 9.97. The number of thioether (sulfide) groups is 4. The molecule has 0 N–H and O–H groups in total. The predicted molar refractivity (Wildman–Crippen MR) is 144 cm³/mol. The summed E-state index contributed by atoms with van der Waals surface area (Å²) in [6, 6.07) is 4.58. The summed E-state index contributed by atoms with van der Waals surface area (Å²) >= 11 is 9.97. The van der Waals surface area contributed by atoms with Crippen LogP contribution in [0.15, 0.2) is 40.2 Å². The maximum absolute atomic E-state index is 2.40. The second-order valence-electron chi connectivity index (χ2n) is 7.27. The molecule has 0 fully saturated rings. The molecule has 0 amide bonds. The van der Waals surface area contributed by atoms with Gasteiger partial charge in [0.05, 0.1) is 8.47 Å². The first kappa shape index (κ1) is 23.7. The van der Waals surface area contributed by atoms with E-state index in [-0.39, 0.29) is 0 Å². The summed E-state index contributed by atoms with van der Waals surface area (Å²) in [5.41, 5.74) is 0. The largest absolute Gasteiger partial charge is 0.136 e. The molecule has 0 unspecified atom stereocenters. The van der Waals surface area contributed by atoms with Crippen molar-refractivity contribution in [2.24, 2.45) is 0 Å². The first-order valence-corrected chi connectivity index (χ1v) is 14.9. The lowest BCUT2D eigenvalue weighted by Crippen LogP contribution is -1.78. The highest BCUT2D eigenvalue weighted by Crippen LogP contribution is 2.54. The van der Waals surface area contributed by atoms with Crippen LogP contribution in [0.4, 0.5) is 0 Å². The van der Waals surface area contributed by atoms with Crippen molar-refractivity contribution in [1.29, 1.82) is 0 Å². The van der Waals surface area contributed by atoms with Gasteiger partial charge in [0.25, 0.3) is 0 Å². The molecule has 0 aliphatic carbocycles. The van der Waals surface area contributed by atoms with E-state index in [1.807, 2.05) is 58.4 Å². The van der Waals surface area contributed by atoms with Gasteiger partial charge in [0.2, 0.25) is 0 Å². The third-order valence-electron chi connectivity index (χ3n) is 4.59. The molecule has 1 aromatic rings. The summed E-state index contributed by atoms with van der Waals surface area (Å²) in [7, 11) is 0. The van der Waals surface area contributed by atoms with Crippen molar-refractivity contribution in [1.82, 2.24) is 0 Å². The third kappa shape index (κ3) is 6.77. The predicted octanol–water partition coefficient (Wildman–Crippen LogP) is 10.9. The Balaban J connectivity index is 1.66. The molecule has 158 valence electrons. The molecule has 2 aliphatic rings. The van der Waals surface area contributed by atoms with E-state index in [2.05, 4.69) is 52.0 Å². The lowest BCUT2D eigenvalue weighted by atomic mass is 10.2. The van der Waals surface area contributed by atoms with Crippen molar-refractivity contribution in [2.75, 3.05) is 0 Å². The van der Waals surface area contributed by atoms with Crippen LogP contribution in [-0.2, 0) is 0 Å². The van der Waals surface area contributed by atoms with Crippen LogP contribution in [0.2, 0.25) is 0 Å². The Morgan fingerprint density at radius 3 is 1.14 bits per heavy atom. The minimum absolute atomic E-state index is 1.23. The van der Waals surface area contributed by atoms with E-state index in [1.165, 1.54) is 69.6 Å². The van der Waals surface area contributed by atoms with E-state index in [0.717, 1.165) is 0 Å². The lowest BCUT2D eigenvalue weighted by Gasteiger charge is -2.00. The van der Waals surface area contributed by atoms with Crippen LogP contribution in [0.5, 0.6) is 0 Å². The topological polar surface area (TPSA) is 0 Å². The molecule has 0 saturated heterocycles. The zero-order valence-corrected chi connectivity index (χ0v) is 22.1. The smallest absolute Gasteiger partial charge is 0.0506 e. The highest BCUT2D eigenvalue weighted by Gasteiger charge is 2.21. The van der Waals surface area contributed by atoms with E-state index in [0.29, 0.717) is 0 Å². The summed E-state index contributed by atoms with van der Waals surface area (Å²) in [5, 5.41) is 0. The molecule has 1 aromatic heterocycles. The van der Waals surface area contributed by atoms with E-state index >= 15 is 0 Å². The summed E-state index contributed by atoms with van der Waals surface area (Å²) < 4.78 is 2.92. The van der Waals surface area contributed by atoms with E-state index < -0.39 is 0 Å². The van der Waals surface area contributed by atoms with E-state index in [1.54, 1.807) is 19.6 Å². The third-order valence-corrected chi connectivity index (χ3v) is 10.9. The van der Waals surface area contributed by atoms with Gasteiger partial charge < -0.3 is 0 Å². The van der Waals surface area contributed by atoms with Gasteiger partial charge >= 0.3 is 0 Å². The SMILES string of the molecule is CCCC1=C(CCC)SC(=Cc2ccc(C=C3SC(CCC)=C(CCC)S3)s2)S1. The molecule has 0 atom stereocenters. The van der Waals surface area contributed by atoms with E-state index in [9.17, 15) is 0 Å². The number of thiophene rings is 1. The first-order chi connectivity index (χ1) is 14.2. The van der Waals surface area contributed by atoms with Gasteiger partial charge in [-0.25, -0.2) is 0 Å². The quantitative estimate of drug-likeness (QED) is 0.326. The van der Waals surface area contributed by atoms with Crippen LogP contribution in [0, 0.1) is 0 Å². The van der Waals surface area contributed by atoms with Gasteiger partial charge in [0.1, 0.15) is 0 Å².